The van der Waals surface area contributed by atoms with Crippen molar-refractivity contribution in [2.45, 2.75) is 0 Å². The van der Waals surface area contributed by atoms with Gasteiger partial charge in [0.15, 0.2) is 0 Å². The molecular weight excluding hydrogens is 399 g/mol. The maximum absolute atomic E-state index is 6.31. The maximum atomic E-state index is 6.31. The molecule has 0 amide bonds. The number of halogens is 4. The Bertz CT molecular complexity index is 715. The van der Waals surface area contributed by atoms with Crippen molar-refractivity contribution in [1.29, 1.82) is 0 Å². The van der Waals surface area contributed by atoms with Crippen molar-refractivity contribution in [3.63, 3.8) is 0 Å². The molecule has 0 saturated carbocycles. The molecule has 0 N–H and O–H groups in total. The van der Waals surface area contributed by atoms with Crippen molar-refractivity contribution in [2.24, 2.45) is 0 Å². The summed E-state index contributed by atoms with van der Waals surface area (Å²) in [5, 5.41) is 5.84. The number of hydrogen-bond donors (Lipinski definition) is 0. The molecular formula is C14H6Br2Cl2. The Kier molecular flexibility index (Phi) is 3.31. The van der Waals surface area contributed by atoms with Gasteiger partial charge in [0.1, 0.15) is 0 Å². The predicted molar refractivity (Wildman–Crippen MR) is 86.9 cm³/mol. The van der Waals surface area contributed by atoms with Crippen LogP contribution in [0.3, 0.4) is 0 Å². The van der Waals surface area contributed by atoms with Gasteiger partial charge in [0, 0.05) is 14.3 Å². The minimum absolute atomic E-state index is 0.713. The van der Waals surface area contributed by atoms with Gasteiger partial charge >= 0.3 is 0 Å². The van der Waals surface area contributed by atoms with Gasteiger partial charge in [-0.15, -0.1) is 0 Å². The smallest absolute Gasteiger partial charge is 0.0626 e. The summed E-state index contributed by atoms with van der Waals surface area (Å²) in [6, 6.07) is 12.0. The molecule has 0 fully saturated rings. The third-order valence-electron chi connectivity index (χ3n) is 2.97. The van der Waals surface area contributed by atoms with Gasteiger partial charge in [-0.3, -0.25) is 0 Å². The van der Waals surface area contributed by atoms with E-state index in [1.165, 1.54) is 0 Å². The second-order valence-corrected chi connectivity index (χ2v) is 6.41. The van der Waals surface area contributed by atoms with Crippen molar-refractivity contribution >= 4 is 76.6 Å². The standard InChI is InChI=1S/C14H6Br2Cl2/c15-11-5-3-8-7-4-6-12(17)13(16)9(7)1-2-10(8)14(11)18/h1-6H. The first-order chi connectivity index (χ1) is 8.59. The van der Waals surface area contributed by atoms with Crippen LogP contribution < -0.4 is 0 Å². The van der Waals surface area contributed by atoms with Crippen molar-refractivity contribution in [3.8, 4) is 0 Å². The molecule has 0 radical (unpaired) electrons. The van der Waals surface area contributed by atoms with Crippen molar-refractivity contribution in [2.75, 3.05) is 0 Å². The van der Waals surface area contributed by atoms with Gasteiger partial charge in [0.05, 0.1) is 10.0 Å². The Labute approximate surface area is 131 Å². The SMILES string of the molecule is Clc1ccc2c(ccc3c(Cl)c(Br)ccc32)c1Br. The summed E-state index contributed by atoms with van der Waals surface area (Å²) < 4.78 is 1.83. The molecule has 0 bridgehead atoms. The van der Waals surface area contributed by atoms with E-state index < -0.39 is 0 Å². The third-order valence-corrected chi connectivity index (χ3v) is 5.67. The Morgan fingerprint density at radius 2 is 1.22 bits per heavy atom. The summed E-state index contributed by atoms with van der Waals surface area (Å²) in [6.07, 6.45) is 0. The van der Waals surface area contributed by atoms with Gasteiger partial charge in [-0.1, -0.05) is 47.5 Å². The quantitative estimate of drug-likeness (QED) is 0.360. The van der Waals surface area contributed by atoms with Gasteiger partial charge in [-0.05, 0) is 60.2 Å². The highest BCUT2D eigenvalue weighted by Gasteiger charge is 2.09. The zero-order valence-corrected chi connectivity index (χ0v) is 13.7. The Balaban J connectivity index is 2.56. The fraction of sp³-hybridized carbons (Fsp3) is 0. The van der Waals surface area contributed by atoms with E-state index in [1.807, 2.05) is 30.3 Å². The summed E-state index contributed by atoms with van der Waals surface area (Å²) in [4.78, 5) is 0. The molecule has 0 aliphatic rings. The monoisotopic (exact) mass is 402 g/mol. The van der Waals surface area contributed by atoms with Gasteiger partial charge in [0.2, 0.25) is 0 Å². The van der Waals surface area contributed by atoms with Crippen molar-refractivity contribution in [1.82, 2.24) is 0 Å². The molecule has 3 aromatic rings. The molecule has 4 heteroatoms. The van der Waals surface area contributed by atoms with Crippen LogP contribution in [-0.2, 0) is 0 Å². The molecule has 0 aliphatic carbocycles. The molecule has 0 atom stereocenters. The fourth-order valence-corrected chi connectivity index (χ4v) is 3.31. The molecule has 0 spiro atoms. The molecule has 3 aromatic carbocycles. The Morgan fingerprint density at radius 3 is 2.00 bits per heavy atom. The third kappa shape index (κ3) is 1.87. The Morgan fingerprint density at radius 1 is 0.667 bits per heavy atom. The van der Waals surface area contributed by atoms with E-state index in [-0.39, 0.29) is 0 Å². The highest BCUT2D eigenvalue weighted by molar-refractivity contribution is 9.11. The lowest BCUT2D eigenvalue weighted by Gasteiger charge is -2.09. The number of rotatable bonds is 0. The van der Waals surface area contributed by atoms with Crippen LogP contribution >= 0.6 is 55.1 Å². The van der Waals surface area contributed by atoms with E-state index in [4.69, 9.17) is 23.2 Å². The summed E-state index contributed by atoms with van der Waals surface area (Å²) in [5.74, 6) is 0. The van der Waals surface area contributed by atoms with Crippen LogP contribution in [0.15, 0.2) is 45.3 Å². The van der Waals surface area contributed by atoms with Crippen LogP contribution in [0.1, 0.15) is 0 Å². The van der Waals surface area contributed by atoms with E-state index >= 15 is 0 Å². The molecule has 0 nitrogen and oxygen atoms in total. The fourth-order valence-electron chi connectivity index (χ4n) is 2.09. The minimum atomic E-state index is 0.713. The lowest BCUT2D eigenvalue weighted by molar-refractivity contribution is 1.70. The first-order valence-corrected chi connectivity index (χ1v) is 7.58. The van der Waals surface area contributed by atoms with E-state index in [0.29, 0.717) is 5.02 Å². The molecule has 90 valence electrons. The van der Waals surface area contributed by atoms with E-state index in [1.54, 1.807) is 0 Å². The molecule has 0 aromatic heterocycles. The van der Waals surface area contributed by atoms with Crippen LogP contribution in [0.2, 0.25) is 10.0 Å². The lowest BCUT2D eigenvalue weighted by atomic mass is 10.0. The molecule has 0 unspecified atom stereocenters. The van der Waals surface area contributed by atoms with Gasteiger partial charge < -0.3 is 0 Å². The highest BCUT2D eigenvalue weighted by atomic mass is 79.9. The predicted octanol–water partition coefficient (Wildman–Crippen LogP) is 6.82. The second-order valence-electron chi connectivity index (χ2n) is 3.98. The molecule has 18 heavy (non-hydrogen) atoms. The van der Waals surface area contributed by atoms with Crippen LogP contribution in [0, 0.1) is 0 Å². The first kappa shape index (κ1) is 12.7. The van der Waals surface area contributed by atoms with E-state index in [9.17, 15) is 0 Å². The zero-order chi connectivity index (χ0) is 12.9. The molecule has 0 heterocycles. The average molecular weight is 405 g/mol. The van der Waals surface area contributed by atoms with Gasteiger partial charge in [0.25, 0.3) is 0 Å². The summed E-state index contributed by atoms with van der Waals surface area (Å²) in [7, 11) is 0. The highest BCUT2D eigenvalue weighted by Crippen LogP contribution is 2.38. The zero-order valence-electron chi connectivity index (χ0n) is 8.98. The first-order valence-electron chi connectivity index (χ1n) is 5.24. The normalized spacial score (nSPS) is 11.3. The molecule has 3 rings (SSSR count). The van der Waals surface area contributed by atoms with Gasteiger partial charge in [-0.2, -0.15) is 0 Å². The van der Waals surface area contributed by atoms with E-state index in [0.717, 1.165) is 35.5 Å². The maximum Gasteiger partial charge on any atom is 0.0626 e. The van der Waals surface area contributed by atoms with Gasteiger partial charge in [-0.25, -0.2) is 0 Å². The van der Waals surface area contributed by atoms with Crippen LogP contribution in [0.5, 0.6) is 0 Å². The molecule has 0 saturated heterocycles. The van der Waals surface area contributed by atoms with Crippen LogP contribution in [0.25, 0.3) is 21.5 Å². The number of fused-ring (bicyclic) bond motifs is 3. The summed E-state index contributed by atoms with van der Waals surface area (Å²) in [6.45, 7) is 0. The average Bonchev–Trinajstić information content (AvgIpc) is 2.38. The number of benzene rings is 3. The lowest BCUT2D eigenvalue weighted by Crippen LogP contribution is -1.82. The summed E-state index contributed by atoms with van der Waals surface area (Å²) in [5.41, 5.74) is 0. The van der Waals surface area contributed by atoms with E-state index in [2.05, 4.69) is 37.9 Å². The molecule has 0 aliphatic heterocycles. The van der Waals surface area contributed by atoms with Crippen molar-refractivity contribution < 1.29 is 0 Å². The van der Waals surface area contributed by atoms with Crippen LogP contribution in [-0.4, -0.2) is 0 Å². The number of hydrogen-bond acceptors (Lipinski definition) is 0. The Hall–Kier alpha value is -0.280. The van der Waals surface area contributed by atoms with Crippen LogP contribution in [0.4, 0.5) is 0 Å². The van der Waals surface area contributed by atoms with Crippen molar-refractivity contribution in [3.05, 3.63) is 55.4 Å². The summed E-state index contributed by atoms with van der Waals surface area (Å²) >= 11 is 19.4. The second kappa shape index (κ2) is 4.68. The minimum Gasteiger partial charge on any atom is -0.0831 e. The topological polar surface area (TPSA) is 0 Å². The largest absolute Gasteiger partial charge is 0.0831 e.